The lowest BCUT2D eigenvalue weighted by atomic mass is 9.97. The summed E-state index contributed by atoms with van der Waals surface area (Å²) < 4.78 is 5.64. The summed E-state index contributed by atoms with van der Waals surface area (Å²) >= 11 is 11.9. The summed E-state index contributed by atoms with van der Waals surface area (Å²) in [6, 6.07) is 5.47. The molecule has 2 atom stereocenters. The smallest absolute Gasteiger partial charge is 0.0976 e. The zero-order chi connectivity index (χ0) is 10.8. The quantitative estimate of drug-likeness (QED) is 0.825. The van der Waals surface area contributed by atoms with Gasteiger partial charge in [0, 0.05) is 22.7 Å². The van der Waals surface area contributed by atoms with Crippen LogP contribution < -0.4 is 5.73 Å². The van der Waals surface area contributed by atoms with Gasteiger partial charge in [-0.15, -0.1) is 0 Å². The molecular weight excluding hydrogens is 233 g/mol. The normalized spacial score (nSPS) is 26.6. The Bertz CT molecular complexity index is 336. The number of halogens is 2. The first-order chi connectivity index (χ1) is 7.16. The molecule has 2 rings (SSSR count). The number of benzene rings is 1. The predicted molar refractivity (Wildman–Crippen MR) is 62.4 cm³/mol. The summed E-state index contributed by atoms with van der Waals surface area (Å²) in [5, 5.41) is 1.25. The number of hydrogen-bond acceptors (Lipinski definition) is 2. The maximum absolute atomic E-state index is 6.00. The fraction of sp³-hybridized carbons (Fsp3) is 0.455. The highest BCUT2D eigenvalue weighted by atomic mass is 35.5. The molecule has 1 aromatic carbocycles. The van der Waals surface area contributed by atoms with E-state index in [0.29, 0.717) is 10.0 Å². The van der Waals surface area contributed by atoms with Crippen LogP contribution in [0.2, 0.25) is 10.0 Å². The predicted octanol–water partition coefficient (Wildman–Crippen LogP) is 3.17. The summed E-state index contributed by atoms with van der Waals surface area (Å²) in [5.74, 6) is 0. The molecule has 2 N–H and O–H groups in total. The first kappa shape index (κ1) is 11.2. The largest absolute Gasteiger partial charge is 0.372 e. The van der Waals surface area contributed by atoms with Crippen molar-refractivity contribution in [2.75, 3.05) is 6.61 Å². The molecule has 0 saturated carbocycles. The molecule has 0 radical (unpaired) electrons. The zero-order valence-corrected chi connectivity index (χ0v) is 9.76. The van der Waals surface area contributed by atoms with E-state index >= 15 is 0 Å². The maximum atomic E-state index is 6.00. The van der Waals surface area contributed by atoms with Crippen LogP contribution in [0.3, 0.4) is 0 Å². The summed E-state index contributed by atoms with van der Waals surface area (Å²) in [4.78, 5) is 0. The fourth-order valence-electron chi connectivity index (χ4n) is 1.89. The Morgan fingerprint density at radius 1 is 1.20 bits per heavy atom. The number of rotatable bonds is 1. The molecule has 4 heteroatoms. The second-order valence-electron chi connectivity index (χ2n) is 3.80. The molecule has 2 nitrogen and oxygen atoms in total. The Kier molecular flexibility index (Phi) is 3.52. The molecule has 0 bridgehead atoms. The molecule has 0 amide bonds. The van der Waals surface area contributed by atoms with E-state index in [1.54, 1.807) is 6.07 Å². The van der Waals surface area contributed by atoms with E-state index in [4.69, 9.17) is 33.7 Å². The molecule has 1 fully saturated rings. The Morgan fingerprint density at radius 2 is 1.87 bits per heavy atom. The van der Waals surface area contributed by atoms with Crippen molar-refractivity contribution in [3.05, 3.63) is 33.8 Å². The van der Waals surface area contributed by atoms with E-state index in [2.05, 4.69) is 0 Å². The van der Waals surface area contributed by atoms with Crippen molar-refractivity contribution in [2.45, 2.75) is 25.0 Å². The first-order valence-corrected chi connectivity index (χ1v) is 5.75. The van der Waals surface area contributed by atoms with Gasteiger partial charge in [0.2, 0.25) is 0 Å². The Hall–Kier alpha value is -0.280. The van der Waals surface area contributed by atoms with Gasteiger partial charge in [-0.1, -0.05) is 23.2 Å². The van der Waals surface area contributed by atoms with E-state index in [0.717, 1.165) is 25.0 Å². The summed E-state index contributed by atoms with van der Waals surface area (Å²) in [6.07, 6.45) is 1.93. The number of ether oxygens (including phenoxy) is 1. The van der Waals surface area contributed by atoms with Crippen LogP contribution in [0.25, 0.3) is 0 Å². The molecule has 0 spiro atoms. The average Bonchev–Trinajstić information content (AvgIpc) is 2.16. The van der Waals surface area contributed by atoms with Crippen LogP contribution in [-0.4, -0.2) is 12.6 Å². The van der Waals surface area contributed by atoms with Crippen molar-refractivity contribution in [3.63, 3.8) is 0 Å². The first-order valence-electron chi connectivity index (χ1n) is 5.00. The Balaban J connectivity index is 2.27. The molecule has 82 valence electrons. The number of hydrogen-bond donors (Lipinski definition) is 1. The molecule has 2 unspecified atom stereocenters. The Labute approximate surface area is 99.3 Å². The van der Waals surface area contributed by atoms with Gasteiger partial charge in [-0.3, -0.25) is 0 Å². The Morgan fingerprint density at radius 3 is 2.47 bits per heavy atom. The second-order valence-corrected chi connectivity index (χ2v) is 4.67. The standard InChI is InChI=1S/C11H13Cl2NO/c12-8-4-7(5-9(13)6-8)11-10(14)2-1-3-15-11/h4-6,10-11H,1-3,14H2. The van der Waals surface area contributed by atoms with Gasteiger partial charge in [0.05, 0.1) is 6.10 Å². The monoisotopic (exact) mass is 245 g/mol. The van der Waals surface area contributed by atoms with Crippen LogP contribution in [0.5, 0.6) is 0 Å². The minimum absolute atomic E-state index is 0.0354. The third-order valence-electron chi connectivity index (χ3n) is 2.58. The lowest BCUT2D eigenvalue weighted by Gasteiger charge is -2.29. The van der Waals surface area contributed by atoms with Crippen LogP contribution in [0.4, 0.5) is 0 Å². The maximum Gasteiger partial charge on any atom is 0.0976 e. The van der Waals surface area contributed by atoms with E-state index < -0.39 is 0 Å². The van der Waals surface area contributed by atoms with Gasteiger partial charge in [-0.2, -0.15) is 0 Å². The van der Waals surface area contributed by atoms with Gasteiger partial charge in [0.15, 0.2) is 0 Å². The van der Waals surface area contributed by atoms with Crippen LogP contribution in [0.1, 0.15) is 24.5 Å². The zero-order valence-electron chi connectivity index (χ0n) is 8.25. The fourth-order valence-corrected chi connectivity index (χ4v) is 2.43. The van der Waals surface area contributed by atoms with Crippen molar-refractivity contribution >= 4 is 23.2 Å². The molecule has 0 aromatic heterocycles. The van der Waals surface area contributed by atoms with Gasteiger partial charge in [-0.05, 0) is 36.6 Å². The van der Waals surface area contributed by atoms with Gasteiger partial charge in [-0.25, -0.2) is 0 Å². The van der Waals surface area contributed by atoms with Crippen LogP contribution in [-0.2, 0) is 4.74 Å². The number of nitrogens with two attached hydrogens (primary N) is 1. The van der Waals surface area contributed by atoms with Crippen LogP contribution >= 0.6 is 23.2 Å². The van der Waals surface area contributed by atoms with Crippen LogP contribution in [0, 0.1) is 0 Å². The molecule has 1 heterocycles. The molecular formula is C11H13Cl2NO. The van der Waals surface area contributed by atoms with Gasteiger partial charge in [0.1, 0.15) is 0 Å². The van der Waals surface area contributed by atoms with Crippen LogP contribution in [0.15, 0.2) is 18.2 Å². The van der Waals surface area contributed by atoms with E-state index in [-0.39, 0.29) is 12.1 Å². The van der Waals surface area contributed by atoms with Gasteiger partial charge >= 0.3 is 0 Å². The molecule has 1 saturated heterocycles. The second kappa shape index (κ2) is 4.71. The molecule has 1 aliphatic rings. The third-order valence-corrected chi connectivity index (χ3v) is 3.02. The minimum atomic E-state index is -0.0741. The SMILES string of the molecule is NC1CCCOC1c1cc(Cl)cc(Cl)c1. The van der Waals surface area contributed by atoms with Crippen molar-refractivity contribution in [2.24, 2.45) is 5.73 Å². The molecule has 15 heavy (non-hydrogen) atoms. The average molecular weight is 246 g/mol. The van der Waals surface area contributed by atoms with Gasteiger partial charge < -0.3 is 10.5 Å². The highest BCUT2D eigenvalue weighted by molar-refractivity contribution is 6.34. The summed E-state index contributed by atoms with van der Waals surface area (Å²) in [5.41, 5.74) is 6.97. The summed E-state index contributed by atoms with van der Waals surface area (Å²) in [6.45, 7) is 0.752. The lowest BCUT2D eigenvalue weighted by Crippen LogP contribution is -2.34. The molecule has 0 aliphatic carbocycles. The van der Waals surface area contributed by atoms with Gasteiger partial charge in [0.25, 0.3) is 0 Å². The summed E-state index contributed by atoms with van der Waals surface area (Å²) in [7, 11) is 0. The van der Waals surface area contributed by atoms with E-state index in [1.165, 1.54) is 0 Å². The lowest BCUT2D eigenvalue weighted by molar-refractivity contribution is 0.000155. The van der Waals surface area contributed by atoms with Crippen molar-refractivity contribution in [3.8, 4) is 0 Å². The highest BCUT2D eigenvalue weighted by Gasteiger charge is 2.24. The molecule has 1 aliphatic heterocycles. The van der Waals surface area contributed by atoms with E-state index in [1.807, 2.05) is 12.1 Å². The third kappa shape index (κ3) is 2.64. The van der Waals surface area contributed by atoms with Crippen molar-refractivity contribution in [1.82, 2.24) is 0 Å². The van der Waals surface area contributed by atoms with E-state index in [9.17, 15) is 0 Å². The minimum Gasteiger partial charge on any atom is -0.372 e. The van der Waals surface area contributed by atoms with Crippen molar-refractivity contribution in [1.29, 1.82) is 0 Å². The highest BCUT2D eigenvalue weighted by Crippen LogP contribution is 2.30. The topological polar surface area (TPSA) is 35.2 Å². The van der Waals surface area contributed by atoms with Crippen molar-refractivity contribution < 1.29 is 4.74 Å². The molecule has 1 aromatic rings.